The first kappa shape index (κ1) is 13.7. The number of benzene rings is 2. The lowest BCUT2D eigenvalue weighted by molar-refractivity contribution is 0.439. The molecule has 105 valence electrons. The Morgan fingerprint density at radius 3 is 2.19 bits per heavy atom. The SMILES string of the molecule is CC[C]1C=CC(Oc2ccc(-c3ccccc3)cc2)=CC1. The molecule has 0 N–H and O–H groups in total. The van der Waals surface area contributed by atoms with Crippen LogP contribution in [0, 0.1) is 5.92 Å². The first-order valence-corrected chi connectivity index (χ1v) is 7.41. The molecule has 2 aromatic carbocycles. The fraction of sp³-hybridized carbons (Fsp3) is 0.150. The molecule has 1 radical (unpaired) electrons. The van der Waals surface area contributed by atoms with Crippen LogP contribution in [0.1, 0.15) is 19.8 Å². The third-order valence-corrected chi connectivity index (χ3v) is 3.70. The van der Waals surface area contributed by atoms with Gasteiger partial charge in [0, 0.05) is 5.92 Å². The van der Waals surface area contributed by atoms with Gasteiger partial charge < -0.3 is 4.74 Å². The first-order chi connectivity index (χ1) is 10.3. The molecule has 0 aromatic heterocycles. The minimum atomic E-state index is 0.880. The van der Waals surface area contributed by atoms with Gasteiger partial charge in [0.1, 0.15) is 11.5 Å². The standard InChI is InChI=1S/C20H19O/c1-2-16-8-12-19(13-9-16)21-20-14-10-18(11-15-20)17-6-4-3-5-7-17/h3-8,10-15H,2,9H2,1H3. The summed E-state index contributed by atoms with van der Waals surface area (Å²) in [6.45, 7) is 2.18. The highest BCUT2D eigenvalue weighted by molar-refractivity contribution is 5.63. The molecule has 0 saturated heterocycles. The average Bonchev–Trinajstić information content (AvgIpc) is 2.57. The molecule has 0 aliphatic heterocycles. The van der Waals surface area contributed by atoms with E-state index in [2.05, 4.69) is 55.5 Å². The summed E-state index contributed by atoms with van der Waals surface area (Å²) in [4.78, 5) is 0. The molecule has 0 bridgehead atoms. The number of hydrogen-bond acceptors (Lipinski definition) is 1. The van der Waals surface area contributed by atoms with Crippen molar-refractivity contribution in [2.24, 2.45) is 0 Å². The lowest BCUT2D eigenvalue weighted by atomic mass is 9.98. The van der Waals surface area contributed by atoms with Crippen molar-refractivity contribution in [3.05, 3.63) is 84.5 Å². The highest BCUT2D eigenvalue weighted by Gasteiger charge is 2.08. The van der Waals surface area contributed by atoms with Crippen LogP contribution in [0.5, 0.6) is 5.75 Å². The maximum atomic E-state index is 5.90. The second-order valence-corrected chi connectivity index (χ2v) is 5.15. The summed E-state index contributed by atoms with van der Waals surface area (Å²) in [5.74, 6) is 3.26. The lowest BCUT2D eigenvalue weighted by Gasteiger charge is -2.14. The van der Waals surface area contributed by atoms with E-state index in [1.54, 1.807) is 0 Å². The predicted molar refractivity (Wildman–Crippen MR) is 87.9 cm³/mol. The highest BCUT2D eigenvalue weighted by Crippen LogP contribution is 2.26. The van der Waals surface area contributed by atoms with Crippen molar-refractivity contribution < 1.29 is 4.74 Å². The van der Waals surface area contributed by atoms with E-state index in [1.165, 1.54) is 17.0 Å². The van der Waals surface area contributed by atoms with Crippen molar-refractivity contribution in [2.45, 2.75) is 19.8 Å². The molecule has 1 heteroatoms. The van der Waals surface area contributed by atoms with Gasteiger partial charge in [-0.05, 0) is 48.3 Å². The van der Waals surface area contributed by atoms with E-state index in [-0.39, 0.29) is 0 Å². The molecule has 0 unspecified atom stereocenters. The van der Waals surface area contributed by atoms with E-state index in [4.69, 9.17) is 4.74 Å². The minimum absolute atomic E-state index is 0.880. The summed E-state index contributed by atoms with van der Waals surface area (Å²) >= 11 is 0. The molecule has 1 aliphatic carbocycles. The Kier molecular flexibility index (Phi) is 4.20. The van der Waals surface area contributed by atoms with Crippen LogP contribution >= 0.6 is 0 Å². The number of rotatable bonds is 4. The molecule has 21 heavy (non-hydrogen) atoms. The van der Waals surface area contributed by atoms with Crippen LogP contribution < -0.4 is 4.74 Å². The molecule has 0 atom stereocenters. The summed E-state index contributed by atoms with van der Waals surface area (Å²) in [5.41, 5.74) is 2.43. The van der Waals surface area contributed by atoms with Gasteiger partial charge >= 0.3 is 0 Å². The number of ether oxygens (including phenoxy) is 1. The van der Waals surface area contributed by atoms with Crippen LogP contribution in [0.4, 0.5) is 0 Å². The zero-order valence-corrected chi connectivity index (χ0v) is 12.3. The second kappa shape index (κ2) is 6.45. The van der Waals surface area contributed by atoms with E-state index in [0.717, 1.165) is 24.4 Å². The Labute approximate surface area is 126 Å². The lowest BCUT2D eigenvalue weighted by Crippen LogP contribution is -2.00. The van der Waals surface area contributed by atoms with E-state index in [9.17, 15) is 0 Å². The van der Waals surface area contributed by atoms with Gasteiger partial charge in [-0.15, -0.1) is 0 Å². The molecule has 0 heterocycles. The molecule has 0 amide bonds. The second-order valence-electron chi connectivity index (χ2n) is 5.15. The van der Waals surface area contributed by atoms with Gasteiger partial charge in [0.2, 0.25) is 0 Å². The Balaban J connectivity index is 1.68. The van der Waals surface area contributed by atoms with Crippen molar-refractivity contribution in [3.63, 3.8) is 0 Å². The molecule has 1 aliphatic rings. The first-order valence-electron chi connectivity index (χ1n) is 7.41. The molecular formula is C20H19O. The summed E-state index contributed by atoms with van der Waals surface area (Å²) < 4.78 is 5.90. The van der Waals surface area contributed by atoms with Crippen molar-refractivity contribution in [2.75, 3.05) is 0 Å². The van der Waals surface area contributed by atoms with Crippen LogP contribution in [0.25, 0.3) is 11.1 Å². The van der Waals surface area contributed by atoms with Gasteiger partial charge in [-0.2, -0.15) is 0 Å². The zero-order chi connectivity index (χ0) is 14.5. The van der Waals surface area contributed by atoms with Crippen molar-refractivity contribution in [3.8, 4) is 16.9 Å². The zero-order valence-electron chi connectivity index (χ0n) is 12.3. The molecule has 0 spiro atoms. The largest absolute Gasteiger partial charge is 0.458 e. The van der Waals surface area contributed by atoms with E-state index in [1.807, 2.05) is 24.3 Å². The van der Waals surface area contributed by atoms with Gasteiger partial charge in [-0.25, -0.2) is 0 Å². The maximum Gasteiger partial charge on any atom is 0.127 e. The van der Waals surface area contributed by atoms with Crippen LogP contribution in [0.15, 0.2) is 78.6 Å². The minimum Gasteiger partial charge on any atom is -0.458 e. The summed E-state index contributed by atoms with van der Waals surface area (Å²) in [6, 6.07) is 18.6. The smallest absolute Gasteiger partial charge is 0.127 e. The van der Waals surface area contributed by atoms with Gasteiger partial charge in [-0.3, -0.25) is 0 Å². The highest BCUT2D eigenvalue weighted by atomic mass is 16.5. The van der Waals surface area contributed by atoms with Crippen LogP contribution in [0.2, 0.25) is 0 Å². The van der Waals surface area contributed by atoms with Gasteiger partial charge in [0.15, 0.2) is 0 Å². The number of hydrogen-bond donors (Lipinski definition) is 0. The normalized spacial score (nSPS) is 14.8. The predicted octanol–water partition coefficient (Wildman–Crippen LogP) is 5.56. The third-order valence-electron chi connectivity index (χ3n) is 3.70. The third kappa shape index (κ3) is 3.43. The molecule has 0 saturated carbocycles. The van der Waals surface area contributed by atoms with E-state index < -0.39 is 0 Å². The van der Waals surface area contributed by atoms with Gasteiger partial charge in [0.25, 0.3) is 0 Å². The monoisotopic (exact) mass is 275 g/mol. The van der Waals surface area contributed by atoms with Crippen LogP contribution in [-0.2, 0) is 0 Å². The fourth-order valence-electron chi connectivity index (χ4n) is 2.39. The quantitative estimate of drug-likeness (QED) is 0.709. The average molecular weight is 275 g/mol. The summed E-state index contributed by atoms with van der Waals surface area (Å²) in [7, 11) is 0. The van der Waals surface area contributed by atoms with Crippen LogP contribution in [-0.4, -0.2) is 0 Å². The number of allylic oxidation sites excluding steroid dienone is 3. The summed E-state index contributed by atoms with van der Waals surface area (Å²) in [6.07, 6.45) is 8.45. The molecule has 3 rings (SSSR count). The summed E-state index contributed by atoms with van der Waals surface area (Å²) in [5, 5.41) is 0. The topological polar surface area (TPSA) is 9.23 Å². The van der Waals surface area contributed by atoms with Crippen molar-refractivity contribution in [1.82, 2.24) is 0 Å². The molecular weight excluding hydrogens is 256 g/mol. The molecule has 2 aromatic rings. The Morgan fingerprint density at radius 1 is 0.857 bits per heavy atom. The van der Waals surface area contributed by atoms with Gasteiger partial charge in [0.05, 0.1) is 0 Å². The molecule has 0 fully saturated rings. The van der Waals surface area contributed by atoms with E-state index in [0.29, 0.717) is 0 Å². The fourth-order valence-corrected chi connectivity index (χ4v) is 2.39. The Morgan fingerprint density at radius 2 is 1.57 bits per heavy atom. The Hall–Kier alpha value is -2.28. The molecule has 1 nitrogen and oxygen atoms in total. The van der Waals surface area contributed by atoms with Crippen molar-refractivity contribution >= 4 is 0 Å². The Bertz CT molecular complexity index is 635. The van der Waals surface area contributed by atoms with Gasteiger partial charge in [-0.1, -0.05) is 55.5 Å². The van der Waals surface area contributed by atoms with E-state index >= 15 is 0 Å². The van der Waals surface area contributed by atoms with Crippen molar-refractivity contribution in [1.29, 1.82) is 0 Å². The maximum absolute atomic E-state index is 5.90. The van der Waals surface area contributed by atoms with Crippen LogP contribution in [0.3, 0.4) is 0 Å².